The Hall–Kier alpha value is -1.42. The van der Waals surface area contributed by atoms with E-state index >= 15 is 0 Å². The minimum atomic E-state index is -0.917. The maximum atomic E-state index is 14.3. The summed E-state index contributed by atoms with van der Waals surface area (Å²) in [7, 11) is 0. The van der Waals surface area contributed by atoms with Gasteiger partial charge in [-0.05, 0) is 49.8 Å². The predicted molar refractivity (Wildman–Crippen MR) is 86.4 cm³/mol. The number of benzene rings is 1. The Balaban J connectivity index is 1.73. The summed E-state index contributed by atoms with van der Waals surface area (Å²) in [5, 5.41) is 0. The Morgan fingerprint density at radius 1 is 1.13 bits per heavy atom. The summed E-state index contributed by atoms with van der Waals surface area (Å²) in [6.07, 6.45) is 9.35. The summed E-state index contributed by atoms with van der Waals surface area (Å²) in [4.78, 5) is 0. The van der Waals surface area contributed by atoms with Crippen molar-refractivity contribution in [3.63, 3.8) is 0 Å². The number of rotatable bonds is 4. The normalized spacial score (nSPS) is 22.7. The van der Waals surface area contributed by atoms with Gasteiger partial charge >= 0.3 is 0 Å². The molecule has 1 atom stereocenters. The summed E-state index contributed by atoms with van der Waals surface area (Å²) >= 11 is 0. The van der Waals surface area contributed by atoms with Crippen LogP contribution in [0.5, 0.6) is 5.75 Å². The molecule has 0 aromatic heterocycles. The van der Waals surface area contributed by atoms with Gasteiger partial charge in [0.2, 0.25) is 5.82 Å². The van der Waals surface area contributed by atoms with Gasteiger partial charge < -0.3 is 9.47 Å². The molecule has 1 unspecified atom stereocenters. The van der Waals surface area contributed by atoms with Crippen molar-refractivity contribution >= 4 is 5.57 Å². The Bertz CT molecular complexity index is 577. The van der Waals surface area contributed by atoms with Crippen molar-refractivity contribution in [1.82, 2.24) is 0 Å². The molecule has 23 heavy (non-hydrogen) atoms. The molecule has 2 aliphatic rings. The monoisotopic (exact) mass is 322 g/mol. The summed E-state index contributed by atoms with van der Waals surface area (Å²) in [6, 6.07) is 3.07. The Kier molecular flexibility index (Phi) is 5.31. The molecular formula is C19H24F2O2. The van der Waals surface area contributed by atoms with Crippen LogP contribution in [0.1, 0.15) is 51.0 Å². The summed E-state index contributed by atoms with van der Waals surface area (Å²) in [5.41, 5.74) is 1.02. The van der Waals surface area contributed by atoms with Gasteiger partial charge in [0.05, 0.1) is 19.3 Å². The molecule has 1 saturated carbocycles. The van der Waals surface area contributed by atoms with Crippen molar-refractivity contribution in [2.75, 3.05) is 13.2 Å². The van der Waals surface area contributed by atoms with E-state index in [9.17, 15) is 8.78 Å². The van der Waals surface area contributed by atoms with Gasteiger partial charge in [0.25, 0.3) is 0 Å². The zero-order chi connectivity index (χ0) is 16.2. The van der Waals surface area contributed by atoms with Crippen molar-refractivity contribution < 1.29 is 18.3 Å². The van der Waals surface area contributed by atoms with Crippen LogP contribution in [0.3, 0.4) is 0 Å². The molecule has 0 spiro atoms. The molecule has 3 rings (SSSR count). The highest BCUT2D eigenvalue weighted by atomic mass is 19.2. The summed E-state index contributed by atoms with van der Waals surface area (Å²) in [6.45, 7) is 2.41. The standard InChI is InChI=1S/C19H24F2O2/c1-2-22-17-11-9-15(18(20)19(17)21)14-8-10-16(23-12-14)13-6-4-3-5-7-13/h8-9,11,13,16H,2-7,10,12H2,1H3. The molecule has 1 aromatic rings. The predicted octanol–water partition coefficient (Wildman–Crippen LogP) is 5.12. The Labute approximate surface area is 136 Å². The fraction of sp³-hybridized carbons (Fsp3) is 0.579. The van der Waals surface area contributed by atoms with Crippen LogP contribution in [0, 0.1) is 17.6 Å². The topological polar surface area (TPSA) is 18.5 Å². The fourth-order valence-electron chi connectivity index (χ4n) is 3.65. The lowest BCUT2D eigenvalue weighted by Gasteiger charge is -2.32. The van der Waals surface area contributed by atoms with Crippen molar-refractivity contribution in [2.24, 2.45) is 5.92 Å². The van der Waals surface area contributed by atoms with Gasteiger partial charge in [-0.2, -0.15) is 4.39 Å². The van der Waals surface area contributed by atoms with Gasteiger partial charge in [0.1, 0.15) is 0 Å². The van der Waals surface area contributed by atoms with Crippen molar-refractivity contribution in [3.05, 3.63) is 35.4 Å². The first kappa shape index (κ1) is 16.4. The quantitative estimate of drug-likeness (QED) is 0.766. The van der Waals surface area contributed by atoms with Gasteiger partial charge in [0, 0.05) is 5.56 Å². The zero-order valence-electron chi connectivity index (χ0n) is 13.6. The van der Waals surface area contributed by atoms with Crippen LogP contribution in [-0.2, 0) is 4.74 Å². The first-order chi connectivity index (χ1) is 11.2. The highest BCUT2D eigenvalue weighted by Crippen LogP contribution is 2.35. The number of hydrogen-bond acceptors (Lipinski definition) is 2. The first-order valence-electron chi connectivity index (χ1n) is 8.62. The Morgan fingerprint density at radius 2 is 1.91 bits per heavy atom. The van der Waals surface area contributed by atoms with Crippen molar-refractivity contribution in [3.8, 4) is 5.75 Å². The fourth-order valence-corrected chi connectivity index (χ4v) is 3.65. The molecule has 0 bridgehead atoms. The number of halogens is 2. The lowest BCUT2D eigenvalue weighted by atomic mass is 9.83. The largest absolute Gasteiger partial charge is 0.491 e. The number of hydrogen-bond donors (Lipinski definition) is 0. The van der Waals surface area contributed by atoms with E-state index < -0.39 is 11.6 Å². The van der Waals surface area contributed by atoms with Crippen molar-refractivity contribution in [2.45, 2.75) is 51.6 Å². The highest BCUT2D eigenvalue weighted by Gasteiger charge is 2.27. The van der Waals surface area contributed by atoms with Gasteiger partial charge in [-0.25, -0.2) is 4.39 Å². The van der Waals surface area contributed by atoms with Crippen LogP contribution < -0.4 is 4.74 Å². The molecule has 2 nitrogen and oxygen atoms in total. The molecule has 0 amide bonds. The van der Waals surface area contributed by atoms with Gasteiger partial charge in [-0.3, -0.25) is 0 Å². The van der Waals surface area contributed by atoms with E-state index in [-0.39, 0.29) is 17.4 Å². The van der Waals surface area contributed by atoms with E-state index in [1.807, 2.05) is 6.08 Å². The minimum Gasteiger partial charge on any atom is -0.491 e. The van der Waals surface area contributed by atoms with Crippen LogP contribution >= 0.6 is 0 Å². The van der Waals surface area contributed by atoms with Crippen LogP contribution in [0.2, 0.25) is 0 Å². The molecule has 0 saturated heterocycles. The van der Waals surface area contributed by atoms with Crippen molar-refractivity contribution in [1.29, 1.82) is 0 Å². The second-order valence-electron chi connectivity index (χ2n) is 6.38. The molecule has 1 aromatic carbocycles. The van der Waals surface area contributed by atoms with E-state index in [0.717, 1.165) is 12.0 Å². The summed E-state index contributed by atoms with van der Waals surface area (Å²) < 4.78 is 39.3. The van der Waals surface area contributed by atoms with Crippen LogP contribution in [-0.4, -0.2) is 19.3 Å². The van der Waals surface area contributed by atoms with Gasteiger partial charge in [0.15, 0.2) is 11.6 Å². The van der Waals surface area contributed by atoms with Crippen LogP contribution in [0.25, 0.3) is 5.57 Å². The van der Waals surface area contributed by atoms with Gasteiger partial charge in [-0.15, -0.1) is 0 Å². The first-order valence-corrected chi connectivity index (χ1v) is 8.62. The van der Waals surface area contributed by atoms with Gasteiger partial charge in [-0.1, -0.05) is 25.3 Å². The molecule has 1 aliphatic carbocycles. The lowest BCUT2D eigenvalue weighted by molar-refractivity contribution is 0.0147. The molecule has 0 radical (unpaired) electrons. The summed E-state index contributed by atoms with van der Waals surface area (Å²) in [5.74, 6) is -1.18. The molecule has 1 fully saturated rings. The SMILES string of the molecule is CCOc1ccc(C2=CCC(C3CCCCC3)OC2)c(F)c1F. The van der Waals surface area contributed by atoms with E-state index in [1.54, 1.807) is 13.0 Å². The smallest absolute Gasteiger partial charge is 0.201 e. The zero-order valence-corrected chi connectivity index (χ0v) is 13.6. The maximum absolute atomic E-state index is 14.3. The molecule has 0 N–H and O–H groups in total. The molecular weight excluding hydrogens is 298 g/mol. The average molecular weight is 322 g/mol. The van der Waals surface area contributed by atoms with E-state index in [0.29, 0.717) is 19.1 Å². The third-order valence-corrected chi connectivity index (χ3v) is 4.92. The second kappa shape index (κ2) is 7.43. The van der Waals surface area contributed by atoms with E-state index in [4.69, 9.17) is 9.47 Å². The second-order valence-corrected chi connectivity index (χ2v) is 6.38. The molecule has 1 aliphatic heterocycles. The minimum absolute atomic E-state index is 0.0360. The van der Waals surface area contributed by atoms with Crippen LogP contribution in [0.15, 0.2) is 18.2 Å². The van der Waals surface area contributed by atoms with E-state index in [2.05, 4.69) is 0 Å². The highest BCUT2D eigenvalue weighted by molar-refractivity contribution is 5.68. The Morgan fingerprint density at radius 3 is 2.57 bits per heavy atom. The number of ether oxygens (including phenoxy) is 2. The van der Waals surface area contributed by atoms with E-state index in [1.165, 1.54) is 38.2 Å². The average Bonchev–Trinajstić information content (AvgIpc) is 2.60. The third-order valence-electron chi connectivity index (χ3n) is 4.92. The van der Waals surface area contributed by atoms with Crippen LogP contribution in [0.4, 0.5) is 8.78 Å². The molecule has 4 heteroatoms. The maximum Gasteiger partial charge on any atom is 0.201 e. The molecule has 126 valence electrons. The molecule has 1 heterocycles. The lowest BCUT2D eigenvalue weighted by Crippen LogP contribution is -2.28. The third kappa shape index (κ3) is 3.57.